The van der Waals surface area contributed by atoms with Crippen molar-refractivity contribution in [3.8, 4) is 0 Å². The fourth-order valence-electron chi connectivity index (χ4n) is 1.41. The maximum Gasteiger partial charge on any atom is 0.180 e. The van der Waals surface area contributed by atoms with Crippen LogP contribution >= 0.6 is 11.3 Å². The second-order valence-electron chi connectivity index (χ2n) is 3.69. The summed E-state index contributed by atoms with van der Waals surface area (Å²) in [6, 6.07) is 0. The normalized spacial score (nSPS) is 11.1. The van der Waals surface area contributed by atoms with E-state index in [9.17, 15) is 0 Å². The molecular weight excluding hydrogens is 210 g/mol. The molecule has 0 aliphatic carbocycles. The van der Waals surface area contributed by atoms with Gasteiger partial charge in [0.1, 0.15) is 0 Å². The molecule has 1 aromatic rings. The highest BCUT2D eigenvalue weighted by atomic mass is 32.1. The van der Waals surface area contributed by atoms with Crippen LogP contribution in [0.15, 0.2) is 6.20 Å². The first-order chi connectivity index (χ1) is 7.22. The number of rotatable bonds is 7. The molecule has 0 atom stereocenters. The lowest BCUT2D eigenvalue weighted by Gasteiger charge is -2.14. The molecule has 1 rings (SSSR count). The first kappa shape index (κ1) is 12.4. The lowest BCUT2D eigenvalue weighted by atomic mass is 10.2. The smallest absolute Gasteiger partial charge is 0.180 e. The highest BCUT2D eigenvalue weighted by Crippen LogP contribution is 2.15. The molecule has 5 heteroatoms. The minimum absolute atomic E-state index is 0.301. The van der Waals surface area contributed by atoms with E-state index in [1.54, 1.807) is 11.3 Å². The van der Waals surface area contributed by atoms with Crippen LogP contribution in [0.4, 0.5) is 5.13 Å². The van der Waals surface area contributed by atoms with E-state index < -0.39 is 0 Å². The molecule has 0 aliphatic rings. The highest BCUT2D eigenvalue weighted by Gasteiger charge is 2.03. The molecule has 0 radical (unpaired) electrons. The van der Waals surface area contributed by atoms with E-state index in [1.807, 2.05) is 6.20 Å². The van der Waals surface area contributed by atoms with Gasteiger partial charge in [-0.1, -0.05) is 0 Å². The van der Waals surface area contributed by atoms with Crippen molar-refractivity contribution in [1.29, 1.82) is 0 Å². The fraction of sp³-hybridized carbons (Fsp3) is 0.700. The number of nitrogen functional groups attached to an aromatic ring is 1. The number of anilines is 1. The summed E-state index contributed by atoms with van der Waals surface area (Å²) in [6.07, 6.45) is 4.96. The van der Waals surface area contributed by atoms with Gasteiger partial charge >= 0.3 is 0 Å². The van der Waals surface area contributed by atoms with Gasteiger partial charge in [-0.05, 0) is 32.9 Å². The average Bonchev–Trinajstić information content (AvgIpc) is 2.59. The molecule has 0 saturated carbocycles. The number of aliphatic hydroxyl groups is 1. The maximum atomic E-state index is 8.64. The second-order valence-corrected chi connectivity index (χ2v) is 4.83. The second kappa shape index (κ2) is 6.76. The Morgan fingerprint density at radius 2 is 2.27 bits per heavy atom. The number of unbranched alkanes of at least 4 members (excludes halogenated alkanes) is 2. The van der Waals surface area contributed by atoms with Crippen LogP contribution in [0.5, 0.6) is 0 Å². The van der Waals surface area contributed by atoms with Gasteiger partial charge in [0.05, 0.1) is 0 Å². The third-order valence-corrected chi connectivity index (χ3v) is 3.01. The zero-order chi connectivity index (χ0) is 11.1. The maximum absolute atomic E-state index is 8.64. The summed E-state index contributed by atoms with van der Waals surface area (Å²) in [5.74, 6) is 0. The standard InChI is InChI=1S/C10H19N3OS/c1-13(5-3-2-4-6-14)8-9-7-12-10(11)15-9/h7,14H,2-6,8H2,1H3,(H2,11,12). The molecule has 3 N–H and O–H groups in total. The van der Waals surface area contributed by atoms with Gasteiger partial charge in [-0.25, -0.2) is 4.98 Å². The Morgan fingerprint density at radius 3 is 2.87 bits per heavy atom. The number of nitrogens with zero attached hydrogens (tertiary/aromatic N) is 2. The zero-order valence-corrected chi connectivity index (χ0v) is 9.96. The summed E-state index contributed by atoms with van der Waals surface area (Å²) < 4.78 is 0. The third-order valence-electron chi connectivity index (χ3n) is 2.20. The van der Waals surface area contributed by atoms with E-state index in [1.165, 1.54) is 4.88 Å². The Bertz CT molecular complexity index is 277. The monoisotopic (exact) mass is 229 g/mol. The van der Waals surface area contributed by atoms with Gasteiger partial charge in [0.25, 0.3) is 0 Å². The molecule has 0 saturated heterocycles. The molecular formula is C10H19N3OS. The first-order valence-electron chi connectivity index (χ1n) is 5.22. The summed E-state index contributed by atoms with van der Waals surface area (Å²) in [7, 11) is 2.09. The molecule has 1 heterocycles. The Balaban J connectivity index is 2.15. The predicted octanol–water partition coefficient (Wildman–Crippen LogP) is 1.32. The van der Waals surface area contributed by atoms with Gasteiger partial charge in [-0.2, -0.15) is 0 Å². The van der Waals surface area contributed by atoms with E-state index in [0.717, 1.165) is 32.4 Å². The van der Waals surface area contributed by atoms with Gasteiger partial charge in [-0.3, -0.25) is 0 Å². The molecule has 4 nitrogen and oxygen atoms in total. The molecule has 0 spiro atoms. The molecule has 0 unspecified atom stereocenters. The zero-order valence-electron chi connectivity index (χ0n) is 9.15. The van der Waals surface area contributed by atoms with Crippen LogP contribution in [0.25, 0.3) is 0 Å². The topological polar surface area (TPSA) is 62.4 Å². The Hall–Kier alpha value is -0.650. The minimum Gasteiger partial charge on any atom is -0.396 e. The van der Waals surface area contributed by atoms with Crippen molar-refractivity contribution in [1.82, 2.24) is 9.88 Å². The number of nitrogens with two attached hydrogens (primary N) is 1. The van der Waals surface area contributed by atoms with Crippen molar-refractivity contribution < 1.29 is 5.11 Å². The van der Waals surface area contributed by atoms with E-state index in [-0.39, 0.29) is 0 Å². The fourth-order valence-corrected chi connectivity index (χ4v) is 2.18. The van der Waals surface area contributed by atoms with Crippen molar-refractivity contribution in [2.24, 2.45) is 0 Å². The largest absolute Gasteiger partial charge is 0.396 e. The average molecular weight is 229 g/mol. The van der Waals surface area contributed by atoms with Crippen molar-refractivity contribution in [3.05, 3.63) is 11.1 Å². The highest BCUT2D eigenvalue weighted by molar-refractivity contribution is 7.15. The van der Waals surface area contributed by atoms with E-state index >= 15 is 0 Å². The van der Waals surface area contributed by atoms with E-state index in [4.69, 9.17) is 10.8 Å². The molecule has 0 amide bonds. The molecule has 0 fully saturated rings. The Morgan fingerprint density at radius 1 is 1.47 bits per heavy atom. The molecule has 0 aliphatic heterocycles. The minimum atomic E-state index is 0.301. The van der Waals surface area contributed by atoms with Crippen LogP contribution < -0.4 is 5.73 Å². The van der Waals surface area contributed by atoms with Crippen molar-refractivity contribution >= 4 is 16.5 Å². The summed E-state index contributed by atoms with van der Waals surface area (Å²) >= 11 is 1.54. The molecule has 0 bridgehead atoms. The number of thiazole rings is 1. The number of hydrogen-bond donors (Lipinski definition) is 2. The quantitative estimate of drug-likeness (QED) is 0.692. The van der Waals surface area contributed by atoms with Crippen LogP contribution in [0.1, 0.15) is 24.1 Å². The van der Waals surface area contributed by atoms with Gasteiger partial charge in [-0.15, -0.1) is 11.3 Å². The lowest BCUT2D eigenvalue weighted by molar-refractivity contribution is 0.271. The first-order valence-corrected chi connectivity index (χ1v) is 6.03. The van der Waals surface area contributed by atoms with Gasteiger partial charge in [0, 0.05) is 24.2 Å². The summed E-state index contributed by atoms with van der Waals surface area (Å²) in [5.41, 5.74) is 5.56. The summed E-state index contributed by atoms with van der Waals surface area (Å²) in [6.45, 7) is 2.26. The van der Waals surface area contributed by atoms with Crippen molar-refractivity contribution in [2.75, 3.05) is 25.9 Å². The van der Waals surface area contributed by atoms with Crippen LogP contribution in [-0.2, 0) is 6.54 Å². The SMILES string of the molecule is CN(CCCCCO)Cc1cnc(N)s1. The number of hydrogen-bond acceptors (Lipinski definition) is 5. The lowest BCUT2D eigenvalue weighted by Crippen LogP contribution is -2.18. The van der Waals surface area contributed by atoms with Crippen molar-refractivity contribution in [3.63, 3.8) is 0 Å². The van der Waals surface area contributed by atoms with Crippen molar-refractivity contribution in [2.45, 2.75) is 25.8 Å². The van der Waals surface area contributed by atoms with Crippen LogP contribution in [-0.4, -0.2) is 35.2 Å². The molecule has 1 aromatic heterocycles. The van der Waals surface area contributed by atoms with Gasteiger partial charge in [0.15, 0.2) is 5.13 Å². The molecule has 86 valence electrons. The van der Waals surface area contributed by atoms with E-state index in [2.05, 4.69) is 16.9 Å². The van der Waals surface area contributed by atoms with Gasteiger partial charge < -0.3 is 15.7 Å². The summed E-state index contributed by atoms with van der Waals surface area (Å²) in [5, 5.41) is 9.27. The Kier molecular flexibility index (Phi) is 5.60. The van der Waals surface area contributed by atoms with Crippen LogP contribution in [0.2, 0.25) is 0 Å². The Labute approximate surface area is 94.7 Å². The number of aliphatic hydroxyl groups excluding tert-OH is 1. The third kappa shape index (κ3) is 5.11. The molecule has 0 aromatic carbocycles. The molecule has 15 heavy (non-hydrogen) atoms. The number of aromatic nitrogens is 1. The predicted molar refractivity (Wildman–Crippen MR) is 63.8 cm³/mol. The summed E-state index contributed by atoms with van der Waals surface area (Å²) in [4.78, 5) is 7.48. The van der Waals surface area contributed by atoms with Gasteiger partial charge in [0.2, 0.25) is 0 Å². The van der Waals surface area contributed by atoms with E-state index in [0.29, 0.717) is 11.7 Å². The van der Waals surface area contributed by atoms with Crippen LogP contribution in [0.3, 0.4) is 0 Å². The van der Waals surface area contributed by atoms with Crippen LogP contribution in [0, 0.1) is 0 Å².